The molecule has 1 aromatic heterocycles. The first-order valence-corrected chi connectivity index (χ1v) is 11.0. The Morgan fingerprint density at radius 2 is 1.94 bits per heavy atom. The number of carbonyl (C=O) groups excluding carboxylic acids is 1. The topological polar surface area (TPSA) is 97.8 Å². The number of anilines is 2. The van der Waals surface area contributed by atoms with E-state index in [1.54, 1.807) is 41.4 Å². The van der Waals surface area contributed by atoms with Crippen LogP contribution in [0.25, 0.3) is 0 Å². The monoisotopic (exact) mass is 439 g/mol. The molecule has 8 nitrogen and oxygen atoms in total. The van der Waals surface area contributed by atoms with Crippen molar-refractivity contribution in [2.45, 2.75) is 11.3 Å². The summed E-state index contributed by atoms with van der Waals surface area (Å²) >= 11 is 0. The number of methoxy groups -OCH3 is 2. The van der Waals surface area contributed by atoms with E-state index < -0.39 is 10.0 Å². The normalized spacial score (nSPS) is 12.9. The number of hydrogen-bond acceptors (Lipinski definition) is 6. The third kappa shape index (κ3) is 4.04. The number of ether oxygens (including phenoxy) is 2. The molecule has 1 aliphatic heterocycles. The van der Waals surface area contributed by atoms with Crippen LogP contribution in [-0.2, 0) is 16.4 Å². The van der Waals surface area contributed by atoms with Gasteiger partial charge in [0.25, 0.3) is 15.9 Å². The zero-order chi connectivity index (χ0) is 22.0. The fourth-order valence-corrected chi connectivity index (χ4v) is 4.71. The van der Waals surface area contributed by atoms with Crippen molar-refractivity contribution in [2.75, 3.05) is 30.4 Å². The summed E-state index contributed by atoms with van der Waals surface area (Å²) in [4.78, 5) is 18.5. The van der Waals surface area contributed by atoms with E-state index in [1.165, 1.54) is 32.5 Å². The number of nitrogens with one attached hydrogen (secondary N) is 1. The molecule has 1 aliphatic rings. The molecule has 0 aliphatic carbocycles. The van der Waals surface area contributed by atoms with Gasteiger partial charge in [0.1, 0.15) is 16.4 Å². The van der Waals surface area contributed by atoms with Crippen LogP contribution < -0.4 is 19.1 Å². The third-order valence-electron chi connectivity index (χ3n) is 5.05. The van der Waals surface area contributed by atoms with Crippen molar-refractivity contribution in [1.29, 1.82) is 0 Å². The lowest BCUT2D eigenvalue weighted by Crippen LogP contribution is -2.29. The summed E-state index contributed by atoms with van der Waals surface area (Å²) in [5, 5.41) is 0. The van der Waals surface area contributed by atoms with Crippen molar-refractivity contribution in [3.8, 4) is 11.5 Å². The summed E-state index contributed by atoms with van der Waals surface area (Å²) in [6.07, 6.45) is 3.82. The summed E-state index contributed by atoms with van der Waals surface area (Å²) in [6.45, 7) is 0.519. The van der Waals surface area contributed by atoms with Gasteiger partial charge in [-0.2, -0.15) is 0 Å². The summed E-state index contributed by atoms with van der Waals surface area (Å²) in [6, 6.07) is 13.1. The van der Waals surface area contributed by atoms with Crippen molar-refractivity contribution in [3.05, 3.63) is 72.1 Å². The maximum Gasteiger partial charge on any atom is 0.265 e. The van der Waals surface area contributed by atoms with Gasteiger partial charge in [0.2, 0.25) is 0 Å². The highest BCUT2D eigenvalue weighted by molar-refractivity contribution is 7.92. The number of sulfonamides is 1. The van der Waals surface area contributed by atoms with Crippen LogP contribution in [0, 0.1) is 0 Å². The van der Waals surface area contributed by atoms with E-state index in [2.05, 4.69) is 9.71 Å². The zero-order valence-electron chi connectivity index (χ0n) is 17.0. The minimum atomic E-state index is -3.93. The van der Waals surface area contributed by atoms with Crippen LogP contribution in [-0.4, -0.2) is 40.1 Å². The molecule has 9 heteroatoms. The molecule has 0 spiro atoms. The molecule has 0 fully saturated rings. The van der Waals surface area contributed by atoms with Crippen molar-refractivity contribution in [1.82, 2.24) is 4.98 Å². The standard InChI is InChI=1S/C22H21N3O5S/c1-29-18-7-8-21(20(13-18)30-2)31(27,28)24-17-6-5-15-9-11-25(19(15)12-17)22(26)16-4-3-10-23-14-16/h3-8,10,12-14,24H,9,11H2,1-2H3. The number of aromatic nitrogens is 1. The number of carbonyl (C=O) groups is 1. The minimum Gasteiger partial charge on any atom is -0.497 e. The summed E-state index contributed by atoms with van der Waals surface area (Å²) in [7, 11) is -1.05. The molecule has 0 bridgehead atoms. The molecule has 1 N–H and O–H groups in total. The first-order chi connectivity index (χ1) is 14.9. The number of nitrogens with zero attached hydrogens (tertiary/aromatic N) is 2. The molecule has 0 saturated carbocycles. The Balaban J connectivity index is 1.63. The van der Waals surface area contributed by atoms with Gasteiger partial charge in [-0.15, -0.1) is 0 Å². The zero-order valence-corrected chi connectivity index (χ0v) is 17.8. The van der Waals surface area contributed by atoms with Gasteiger partial charge in [-0.3, -0.25) is 14.5 Å². The minimum absolute atomic E-state index is 0.0143. The Hall–Kier alpha value is -3.59. The van der Waals surface area contributed by atoms with Crippen LogP contribution in [0.1, 0.15) is 15.9 Å². The number of fused-ring (bicyclic) bond motifs is 1. The first kappa shape index (κ1) is 20.7. The number of pyridine rings is 1. The van der Waals surface area contributed by atoms with Crippen LogP contribution in [0.15, 0.2) is 65.8 Å². The molecule has 4 rings (SSSR count). The third-order valence-corrected chi connectivity index (χ3v) is 6.47. The quantitative estimate of drug-likeness (QED) is 0.634. The number of hydrogen-bond donors (Lipinski definition) is 1. The second-order valence-electron chi connectivity index (χ2n) is 6.91. The van der Waals surface area contributed by atoms with Gasteiger partial charge in [0.15, 0.2) is 0 Å². The van der Waals surface area contributed by atoms with Gasteiger partial charge < -0.3 is 14.4 Å². The molecule has 0 radical (unpaired) electrons. The molecular weight excluding hydrogens is 418 g/mol. The van der Waals surface area contributed by atoms with E-state index in [0.717, 1.165) is 5.56 Å². The van der Waals surface area contributed by atoms with Crippen molar-refractivity contribution < 1.29 is 22.7 Å². The van der Waals surface area contributed by atoms with Crippen molar-refractivity contribution >= 4 is 27.3 Å². The lowest BCUT2D eigenvalue weighted by atomic mass is 10.1. The highest BCUT2D eigenvalue weighted by atomic mass is 32.2. The van der Waals surface area contributed by atoms with Gasteiger partial charge in [-0.05, 0) is 48.4 Å². The predicted octanol–water partition coefficient (Wildman–Crippen LogP) is 3.10. The summed E-state index contributed by atoms with van der Waals surface area (Å²) in [5.41, 5.74) is 2.48. The average Bonchev–Trinajstić information content (AvgIpc) is 3.21. The van der Waals surface area contributed by atoms with Crippen molar-refractivity contribution in [3.63, 3.8) is 0 Å². The Morgan fingerprint density at radius 1 is 1.10 bits per heavy atom. The van der Waals surface area contributed by atoms with Crippen molar-refractivity contribution in [2.24, 2.45) is 0 Å². The second-order valence-corrected chi connectivity index (χ2v) is 8.57. The molecular formula is C22H21N3O5S. The summed E-state index contributed by atoms with van der Waals surface area (Å²) in [5.74, 6) is 0.475. The van der Waals surface area contributed by atoms with Gasteiger partial charge in [-0.25, -0.2) is 8.42 Å². The van der Waals surface area contributed by atoms with E-state index >= 15 is 0 Å². The highest BCUT2D eigenvalue weighted by Gasteiger charge is 2.27. The van der Waals surface area contributed by atoms with E-state index in [-0.39, 0.29) is 16.6 Å². The predicted molar refractivity (Wildman–Crippen MR) is 116 cm³/mol. The van der Waals surface area contributed by atoms with Crippen LogP contribution in [0.5, 0.6) is 11.5 Å². The molecule has 0 unspecified atom stereocenters. The van der Waals surface area contributed by atoms with Crippen LogP contribution in [0.3, 0.4) is 0 Å². The second kappa shape index (κ2) is 8.27. The first-order valence-electron chi connectivity index (χ1n) is 9.52. The lowest BCUT2D eigenvalue weighted by molar-refractivity contribution is 0.0989. The van der Waals surface area contributed by atoms with E-state index in [1.807, 2.05) is 6.07 Å². The molecule has 1 amide bonds. The van der Waals surface area contributed by atoms with Gasteiger partial charge >= 0.3 is 0 Å². The van der Waals surface area contributed by atoms with Gasteiger partial charge in [0, 0.05) is 30.7 Å². The lowest BCUT2D eigenvalue weighted by Gasteiger charge is -2.18. The Kier molecular flexibility index (Phi) is 5.51. The number of benzene rings is 2. The largest absolute Gasteiger partial charge is 0.497 e. The fraction of sp³-hybridized carbons (Fsp3) is 0.182. The maximum absolute atomic E-state index is 13.0. The Labute approximate surface area is 180 Å². The maximum atomic E-state index is 13.0. The van der Waals surface area contributed by atoms with E-state index in [9.17, 15) is 13.2 Å². The average molecular weight is 439 g/mol. The molecule has 160 valence electrons. The number of amides is 1. The fourth-order valence-electron chi connectivity index (χ4n) is 3.51. The summed E-state index contributed by atoms with van der Waals surface area (Å²) < 4.78 is 38.9. The smallest absolute Gasteiger partial charge is 0.265 e. The van der Waals surface area contributed by atoms with E-state index in [0.29, 0.717) is 35.7 Å². The van der Waals surface area contributed by atoms with E-state index in [4.69, 9.17) is 9.47 Å². The highest BCUT2D eigenvalue weighted by Crippen LogP contribution is 2.34. The van der Waals surface area contributed by atoms with Gasteiger partial charge in [-0.1, -0.05) is 6.07 Å². The molecule has 31 heavy (non-hydrogen) atoms. The van der Waals surface area contributed by atoms with Crippen LogP contribution in [0.2, 0.25) is 0 Å². The molecule has 0 saturated heterocycles. The van der Waals surface area contributed by atoms with Gasteiger partial charge in [0.05, 0.1) is 25.5 Å². The van der Waals surface area contributed by atoms with Crippen LogP contribution in [0.4, 0.5) is 11.4 Å². The molecule has 2 heterocycles. The SMILES string of the molecule is COc1ccc(S(=O)(=O)Nc2ccc3c(c2)N(C(=O)c2cccnc2)CC3)c(OC)c1. The molecule has 2 aromatic carbocycles. The number of rotatable bonds is 6. The Bertz CT molecular complexity index is 1230. The van der Waals surface area contributed by atoms with Crippen LogP contribution >= 0.6 is 0 Å². The Morgan fingerprint density at radius 3 is 2.65 bits per heavy atom. The molecule has 0 atom stereocenters. The molecule has 3 aromatic rings.